The van der Waals surface area contributed by atoms with Crippen molar-refractivity contribution < 1.29 is 0 Å². The van der Waals surface area contributed by atoms with Gasteiger partial charge in [-0.05, 0) is 25.2 Å². The first-order valence-corrected chi connectivity index (χ1v) is 9.52. The van der Waals surface area contributed by atoms with Gasteiger partial charge in [-0.25, -0.2) is 9.78 Å². The summed E-state index contributed by atoms with van der Waals surface area (Å²) in [7, 11) is 2.09. The van der Waals surface area contributed by atoms with Crippen LogP contribution in [0.3, 0.4) is 0 Å². The van der Waals surface area contributed by atoms with E-state index in [1.165, 1.54) is 6.20 Å². The molecule has 3 aromatic heterocycles. The largest absolute Gasteiger partial charge is 0.352 e. The minimum absolute atomic E-state index is 0.118. The second-order valence-electron chi connectivity index (χ2n) is 8.37. The number of hydrogen-bond donors (Lipinski definition) is 0. The van der Waals surface area contributed by atoms with Gasteiger partial charge in [0.15, 0.2) is 11.5 Å². The number of hydrogen-bond acceptors (Lipinski definition) is 7. The Balaban J connectivity index is 1.39. The number of anilines is 1. The SMILES string of the molecule is CN(CCn1cccnc1=O)C1CN(c2ccc3nnc(C(C)(C)C)n3n2)C1. The van der Waals surface area contributed by atoms with Crippen LogP contribution in [0.5, 0.6) is 0 Å². The van der Waals surface area contributed by atoms with E-state index in [-0.39, 0.29) is 11.1 Å². The molecule has 0 unspecified atom stereocenters. The van der Waals surface area contributed by atoms with Gasteiger partial charge >= 0.3 is 5.69 Å². The number of aromatic nitrogens is 6. The standard InChI is InChI=1S/C19H26N8O/c1-19(2,3)17-22-21-15-6-7-16(23-27(15)17)26-12-14(13-26)24(4)10-11-25-9-5-8-20-18(25)28/h5-9,14H,10-13H2,1-4H3. The van der Waals surface area contributed by atoms with Gasteiger partial charge in [0.25, 0.3) is 0 Å². The highest BCUT2D eigenvalue weighted by molar-refractivity contribution is 5.48. The van der Waals surface area contributed by atoms with Gasteiger partial charge in [-0.1, -0.05) is 20.8 Å². The number of likely N-dealkylation sites (N-methyl/N-ethyl adjacent to an activating group) is 1. The van der Waals surface area contributed by atoms with Crippen LogP contribution in [0, 0.1) is 0 Å². The summed E-state index contributed by atoms with van der Waals surface area (Å²) in [5, 5.41) is 13.3. The lowest BCUT2D eigenvalue weighted by Crippen LogP contribution is -2.59. The third-order valence-electron chi connectivity index (χ3n) is 5.21. The summed E-state index contributed by atoms with van der Waals surface area (Å²) in [5.41, 5.74) is 0.449. The van der Waals surface area contributed by atoms with Gasteiger partial charge in [0, 0.05) is 50.0 Å². The first-order valence-electron chi connectivity index (χ1n) is 9.52. The summed E-state index contributed by atoms with van der Waals surface area (Å²) in [6.45, 7) is 9.59. The van der Waals surface area contributed by atoms with Crippen LogP contribution in [0.15, 0.2) is 35.4 Å². The Bertz CT molecular complexity index is 1030. The van der Waals surface area contributed by atoms with Crippen LogP contribution in [0.4, 0.5) is 5.82 Å². The minimum atomic E-state index is -0.202. The second-order valence-corrected chi connectivity index (χ2v) is 8.37. The third-order valence-corrected chi connectivity index (χ3v) is 5.21. The molecule has 1 aliphatic heterocycles. The first kappa shape index (κ1) is 18.5. The topological polar surface area (TPSA) is 84.5 Å². The van der Waals surface area contributed by atoms with E-state index in [2.05, 4.69) is 52.8 Å². The normalized spacial score (nSPS) is 15.4. The van der Waals surface area contributed by atoms with E-state index in [4.69, 9.17) is 5.10 Å². The molecule has 0 N–H and O–H groups in total. The molecule has 1 aliphatic rings. The first-order chi connectivity index (χ1) is 13.3. The molecule has 0 aromatic carbocycles. The smallest absolute Gasteiger partial charge is 0.347 e. The Hall–Kier alpha value is -2.81. The molecule has 0 radical (unpaired) electrons. The monoisotopic (exact) mass is 382 g/mol. The summed E-state index contributed by atoms with van der Waals surface area (Å²) < 4.78 is 3.49. The molecule has 1 saturated heterocycles. The highest BCUT2D eigenvalue weighted by Crippen LogP contribution is 2.24. The highest BCUT2D eigenvalue weighted by Gasteiger charge is 2.31. The van der Waals surface area contributed by atoms with Gasteiger partial charge in [0.1, 0.15) is 5.82 Å². The number of rotatable bonds is 5. The Morgan fingerprint density at radius 2 is 2.00 bits per heavy atom. The fourth-order valence-electron chi connectivity index (χ4n) is 3.34. The summed E-state index contributed by atoms with van der Waals surface area (Å²) in [4.78, 5) is 20.0. The van der Waals surface area contributed by atoms with Gasteiger partial charge in [-0.2, -0.15) is 4.52 Å². The van der Waals surface area contributed by atoms with Crippen LogP contribution < -0.4 is 10.6 Å². The Kier molecular flexibility index (Phi) is 4.62. The van der Waals surface area contributed by atoms with E-state index in [1.54, 1.807) is 16.8 Å². The van der Waals surface area contributed by atoms with Crippen molar-refractivity contribution in [2.75, 3.05) is 31.6 Å². The maximum Gasteiger partial charge on any atom is 0.347 e. The van der Waals surface area contributed by atoms with Gasteiger partial charge < -0.3 is 4.90 Å². The molecule has 3 aromatic rings. The van der Waals surface area contributed by atoms with Gasteiger partial charge in [0.2, 0.25) is 0 Å². The zero-order valence-electron chi connectivity index (χ0n) is 16.8. The lowest BCUT2D eigenvalue weighted by molar-refractivity contribution is 0.196. The second kappa shape index (κ2) is 6.97. The Morgan fingerprint density at radius 3 is 2.71 bits per heavy atom. The van der Waals surface area contributed by atoms with E-state index in [0.717, 1.165) is 36.9 Å². The van der Waals surface area contributed by atoms with E-state index in [0.29, 0.717) is 12.6 Å². The predicted molar refractivity (Wildman–Crippen MR) is 107 cm³/mol. The minimum Gasteiger partial charge on any atom is -0.352 e. The quantitative estimate of drug-likeness (QED) is 0.645. The molecule has 0 saturated carbocycles. The molecule has 0 spiro atoms. The molecule has 28 heavy (non-hydrogen) atoms. The molecular weight excluding hydrogens is 356 g/mol. The van der Waals surface area contributed by atoms with Crippen molar-refractivity contribution in [1.82, 2.24) is 34.3 Å². The van der Waals surface area contributed by atoms with Crippen molar-refractivity contribution >= 4 is 11.5 Å². The molecular formula is C19H26N8O. The Morgan fingerprint density at radius 1 is 1.21 bits per heavy atom. The molecule has 0 aliphatic carbocycles. The molecule has 148 valence electrons. The fraction of sp³-hybridized carbons (Fsp3) is 0.526. The zero-order chi connectivity index (χ0) is 19.9. The van der Waals surface area contributed by atoms with Crippen molar-refractivity contribution in [2.45, 2.75) is 38.8 Å². The predicted octanol–water partition coefficient (Wildman–Crippen LogP) is 0.799. The zero-order valence-corrected chi connectivity index (χ0v) is 16.8. The molecule has 1 fully saturated rings. The molecule has 4 heterocycles. The van der Waals surface area contributed by atoms with Crippen LogP contribution in [0.1, 0.15) is 26.6 Å². The van der Waals surface area contributed by atoms with Crippen molar-refractivity contribution in [3.8, 4) is 0 Å². The average Bonchev–Trinajstić information content (AvgIpc) is 3.03. The molecule has 0 amide bonds. The van der Waals surface area contributed by atoms with Gasteiger partial charge in [-0.15, -0.1) is 15.3 Å². The summed E-state index contributed by atoms with van der Waals surface area (Å²) >= 11 is 0. The molecule has 9 nitrogen and oxygen atoms in total. The van der Waals surface area contributed by atoms with Crippen molar-refractivity contribution in [3.05, 3.63) is 46.9 Å². The van der Waals surface area contributed by atoms with E-state index >= 15 is 0 Å². The number of fused-ring (bicyclic) bond motifs is 1. The highest BCUT2D eigenvalue weighted by atomic mass is 16.1. The lowest BCUT2D eigenvalue weighted by atomic mass is 9.96. The van der Waals surface area contributed by atoms with Crippen LogP contribution >= 0.6 is 0 Å². The maximum absolute atomic E-state index is 11.7. The van der Waals surface area contributed by atoms with E-state index in [9.17, 15) is 4.79 Å². The molecule has 4 rings (SSSR count). The average molecular weight is 382 g/mol. The van der Waals surface area contributed by atoms with Gasteiger partial charge in [0.05, 0.1) is 0 Å². The van der Waals surface area contributed by atoms with E-state index < -0.39 is 0 Å². The summed E-state index contributed by atoms with van der Waals surface area (Å²) in [5.74, 6) is 1.80. The van der Waals surface area contributed by atoms with Crippen molar-refractivity contribution in [3.63, 3.8) is 0 Å². The van der Waals surface area contributed by atoms with Crippen LogP contribution in [0.25, 0.3) is 5.65 Å². The third kappa shape index (κ3) is 3.49. The van der Waals surface area contributed by atoms with Crippen molar-refractivity contribution in [1.29, 1.82) is 0 Å². The Labute approximate surface area is 163 Å². The van der Waals surface area contributed by atoms with Crippen molar-refractivity contribution in [2.24, 2.45) is 0 Å². The van der Waals surface area contributed by atoms with Crippen LogP contribution in [0.2, 0.25) is 0 Å². The van der Waals surface area contributed by atoms with E-state index in [1.807, 2.05) is 16.6 Å². The molecule has 0 bridgehead atoms. The summed E-state index contributed by atoms with van der Waals surface area (Å²) in [6, 6.07) is 6.19. The molecule has 0 atom stereocenters. The number of nitrogens with zero attached hydrogens (tertiary/aromatic N) is 8. The maximum atomic E-state index is 11.7. The lowest BCUT2D eigenvalue weighted by Gasteiger charge is -2.44. The fourth-order valence-corrected chi connectivity index (χ4v) is 3.34. The van der Waals surface area contributed by atoms with Gasteiger partial charge in [-0.3, -0.25) is 9.47 Å². The summed E-state index contributed by atoms with van der Waals surface area (Å²) in [6.07, 6.45) is 3.30. The van der Waals surface area contributed by atoms with Crippen LogP contribution in [-0.4, -0.2) is 67.0 Å². The van der Waals surface area contributed by atoms with Crippen LogP contribution in [-0.2, 0) is 12.0 Å². The molecule has 9 heteroatoms.